The van der Waals surface area contributed by atoms with Crippen molar-refractivity contribution < 1.29 is 9.59 Å². The van der Waals surface area contributed by atoms with Crippen molar-refractivity contribution in [2.75, 3.05) is 11.9 Å². The van der Waals surface area contributed by atoms with Gasteiger partial charge in [0.2, 0.25) is 5.91 Å². The summed E-state index contributed by atoms with van der Waals surface area (Å²) >= 11 is 3.36. The third-order valence-electron chi connectivity index (χ3n) is 2.89. The molecule has 0 saturated heterocycles. The van der Waals surface area contributed by atoms with Crippen LogP contribution in [-0.4, -0.2) is 28.3 Å². The molecule has 7 heteroatoms. The van der Waals surface area contributed by atoms with E-state index in [4.69, 9.17) is 0 Å². The number of rotatable bonds is 4. The predicted molar refractivity (Wildman–Crippen MR) is 86.6 cm³/mol. The average Bonchev–Trinajstić information content (AvgIpc) is 2.48. The van der Waals surface area contributed by atoms with Crippen molar-refractivity contribution in [2.45, 2.75) is 13.8 Å². The SMILES string of the molecule is Cc1cnc(C(=O)NCC(=O)Nc2ccc(Br)cc2C)cn1. The number of anilines is 1. The van der Waals surface area contributed by atoms with Gasteiger partial charge in [-0.25, -0.2) is 4.98 Å². The fourth-order valence-electron chi connectivity index (χ4n) is 1.72. The highest BCUT2D eigenvalue weighted by atomic mass is 79.9. The molecule has 0 aliphatic rings. The van der Waals surface area contributed by atoms with E-state index in [2.05, 4.69) is 36.5 Å². The third-order valence-corrected chi connectivity index (χ3v) is 3.38. The molecule has 2 amide bonds. The summed E-state index contributed by atoms with van der Waals surface area (Å²) in [5, 5.41) is 5.25. The lowest BCUT2D eigenvalue weighted by Gasteiger charge is -2.09. The topological polar surface area (TPSA) is 84.0 Å². The molecule has 0 spiro atoms. The van der Waals surface area contributed by atoms with Crippen molar-refractivity contribution in [3.05, 3.63) is 52.0 Å². The Labute approximate surface area is 136 Å². The number of hydrogen-bond donors (Lipinski definition) is 2. The monoisotopic (exact) mass is 362 g/mol. The highest BCUT2D eigenvalue weighted by Crippen LogP contribution is 2.19. The van der Waals surface area contributed by atoms with Gasteiger partial charge in [0.1, 0.15) is 5.69 Å². The van der Waals surface area contributed by atoms with Crippen LogP contribution in [-0.2, 0) is 4.79 Å². The predicted octanol–water partition coefficient (Wildman–Crippen LogP) is 2.22. The molecular weight excluding hydrogens is 348 g/mol. The Morgan fingerprint density at radius 1 is 1.18 bits per heavy atom. The summed E-state index contributed by atoms with van der Waals surface area (Å²) in [4.78, 5) is 31.6. The zero-order valence-corrected chi connectivity index (χ0v) is 13.8. The quantitative estimate of drug-likeness (QED) is 0.873. The van der Waals surface area contributed by atoms with Gasteiger partial charge in [0.05, 0.1) is 18.4 Å². The molecule has 2 rings (SSSR count). The second-order valence-electron chi connectivity index (χ2n) is 4.73. The first-order chi connectivity index (χ1) is 10.5. The number of carbonyl (C=O) groups is 2. The van der Waals surface area contributed by atoms with Crippen LogP contribution in [0.15, 0.2) is 35.1 Å². The van der Waals surface area contributed by atoms with Crippen molar-refractivity contribution in [1.82, 2.24) is 15.3 Å². The van der Waals surface area contributed by atoms with Crippen molar-refractivity contribution in [3.63, 3.8) is 0 Å². The fraction of sp³-hybridized carbons (Fsp3) is 0.200. The number of aryl methyl sites for hydroxylation is 2. The highest BCUT2D eigenvalue weighted by molar-refractivity contribution is 9.10. The number of halogens is 1. The van der Waals surface area contributed by atoms with Gasteiger partial charge >= 0.3 is 0 Å². The molecule has 0 aliphatic carbocycles. The van der Waals surface area contributed by atoms with Gasteiger partial charge in [0.25, 0.3) is 5.91 Å². The van der Waals surface area contributed by atoms with E-state index in [9.17, 15) is 9.59 Å². The van der Waals surface area contributed by atoms with Crippen LogP contribution in [0.25, 0.3) is 0 Å². The number of amides is 2. The van der Waals surface area contributed by atoms with Crippen molar-refractivity contribution in [1.29, 1.82) is 0 Å². The van der Waals surface area contributed by atoms with Crippen LogP contribution in [0.4, 0.5) is 5.69 Å². The van der Waals surface area contributed by atoms with Gasteiger partial charge in [-0.05, 0) is 37.6 Å². The molecule has 6 nitrogen and oxygen atoms in total. The number of nitrogens with one attached hydrogen (secondary N) is 2. The zero-order valence-electron chi connectivity index (χ0n) is 12.2. The Hall–Kier alpha value is -2.28. The Morgan fingerprint density at radius 2 is 1.95 bits per heavy atom. The Morgan fingerprint density at radius 3 is 2.59 bits per heavy atom. The van der Waals surface area contributed by atoms with Crippen LogP contribution in [0.2, 0.25) is 0 Å². The maximum absolute atomic E-state index is 11.9. The van der Waals surface area contributed by atoms with E-state index in [1.54, 1.807) is 13.0 Å². The minimum atomic E-state index is -0.435. The van der Waals surface area contributed by atoms with Crippen LogP contribution < -0.4 is 10.6 Å². The maximum atomic E-state index is 11.9. The minimum absolute atomic E-state index is 0.135. The summed E-state index contributed by atoms with van der Waals surface area (Å²) < 4.78 is 0.939. The smallest absolute Gasteiger partial charge is 0.271 e. The molecule has 0 bridgehead atoms. The molecule has 0 unspecified atom stereocenters. The fourth-order valence-corrected chi connectivity index (χ4v) is 2.20. The van der Waals surface area contributed by atoms with E-state index in [0.717, 1.165) is 15.7 Å². The normalized spacial score (nSPS) is 10.1. The molecule has 2 N–H and O–H groups in total. The Balaban J connectivity index is 1.89. The third kappa shape index (κ3) is 4.36. The largest absolute Gasteiger partial charge is 0.342 e. The van der Waals surface area contributed by atoms with Gasteiger partial charge in [-0.3, -0.25) is 14.6 Å². The molecule has 1 heterocycles. The minimum Gasteiger partial charge on any atom is -0.342 e. The summed E-state index contributed by atoms with van der Waals surface area (Å²) in [6.45, 7) is 3.54. The summed E-state index contributed by atoms with van der Waals surface area (Å²) in [6.07, 6.45) is 2.88. The molecule has 22 heavy (non-hydrogen) atoms. The zero-order chi connectivity index (χ0) is 16.1. The van der Waals surface area contributed by atoms with Crippen molar-refractivity contribution >= 4 is 33.4 Å². The highest BCUT2D eigenvalue weighted by Gasteiger charge is 2.10. The summed E-state index contributed by atoms with van der Waals surface area (Å²) in [7, 11) is 0. The lowest BCUT2D eigenvalue weighted by molar-refractivity contribution is -0.115. The van der Waals surface area contributed by atoms with Crippen LogP contribution in [0.1, 0.15) is 21.7 Å². The lowest BCUT2D eigenvalue weighted by Crippen LogP contribution is -2.33. The molecule has 0 aliphatic heterocycles. The summed E-state index contributed by atoms with van der Waals surface area (Å²) in [6, 6.07) is 5.53. The standard InChI is InChI=1S/C15H15BrN4O2/c1-9-5-11(16)3-4-12(9)20-14(21)8-19-15(22)13-7-17-10(2)6-18-13/h3-7H,8H2,1-2H3,(H,19,22)(H,20,21). The molecule has 1 aromatic carbocycles. The Kier molecular flexibility index (Phi) is 5.21. The van der Waals surface area contributed by atoms with Gasteiger partial charge in [0, 0.05) is 16.4 Å². The number of carbonyl (C=O) groups excluding carboxylic acids is 2. The van der Waals surface area contributed by atoms with Crippen LogP contribution in [0.3, 0.4) is 0 Å². The number of benzene rings is 1. The van der Waals surface area contributed by atoms with Gasteiger partial charge < -0.3 is 10.6 Å². The number of aromatic nitrogens is 2. The average molecular weight is 363 g/mol. The molecule has 0 fully saturated rings. The molecule has 0 saturated carbocycles. The van der Waals surface area contributed by atoms with Crippen LogP contribution in [0, 0.1) is 13.8 Å². The molecular formula is C15H15BrN4O2. The second kappa shape index (κ2) is 7.13. The van der Waals surface area contributed by atoms with Crippen molar-refractivity contribution in [3.8, 4) is 0 Å². The number of nitrogens with zero attached hydrogens (tertiary/aromatic N) is 2. The molecule has 0 atom stereocenters. The second-order valence-corrected chi connectivity index (χ2v) is 5.65. The molecule has 1 aromatic heterocycles. The van der Waals surface area contributed by atoms with E-state index in [1.807, 2.05) is 19.1 Å². The first-order valence-electron chi connectivity index (χ1n) is 6.58. The molecule has 2 aromatic rings. The first kappa shape index (κ1) is 16.1. The van der Waals surface area contributed by atoms with Gasteiger partial charge in [-0.1, -0.05) is 15.9 Å². The first-order valence-corrected chi connectivity index (χ1v) is 7.38. The molecule has 0 radical (unpaired) electrons. The van der Waals surface area contributed by atoms with E-state index in [1.165, 1.54) is 12.4 Å². The maximum Gasteiger partial charge on any atom is 0.271 e. The van der Waals surface area contributed by atoms with Gasteiger partial charge in [-0.15, -0.1) is 0 Å². The van der Waals surface area contributed by atoms with Gasteiger partial charge in [-0.2, -0.15) is 0 Å². The van der Waals surface area contributed by atoms with E-state index >= 15 is 0 Å². The summed E-state index contributed by atoms with van der Waals surface area (Å²) in [5.41, 5.74) is 2.54. The van der Waals surface area contributed by atoms with E-state index in [-0.39, 0.29) is 18.1 Å². The summed E-state index contributed by atoms with van der Waals surface area (Å²) in [5.74, 6) is -0.742. The molecule has 114 valence electrons. The van der Waals surface area contributed by atoms with Gasteiger partial charge in [0.15, 0.2) is 0 Å². The lowest BCUT2D eigenvalue weighted by atomic mass is 10.2. The van der Waals surface area contributed by atoms with Crippen LogP contribution >= 0.6 is 15.9 Å². The van der Waals surface area contributed by atoms with Crippen LogP contribution in [0.5, 0.6) is 0 Å². The van der Waals surface area contributed by atoms with E-state index in [0.29, 0.717) is 5.69 Å². The number of hydrogen-bond acceptors (Lipinski definition) is 4. The Bertz CT molecular complexity index is 701. The van der Waals surface area contributed by atoms with Crippen molar-refractivity contribution in [2.24, 2.45) is 0 Å². The van der Waals surface area contributed by atoms with E-state index < -0.39 is 5.91 Å².